The summed E-state index contributed by atoms with van der Waals surface area (Å²) in [6, 6.07) is 10.5. The Labute approximate surface area is 202 Å². The average molecular weight is 507 g/mol. The van der Waals surface area contributed by atoms with Crippen LogP contribution in [0.2, 0.25) is 0 Å². The number of non-ortho nitro benzene ring substituents is 1. The number of rotatable bonds is 10. The summed E-state index contributed by atoms with van der Waals surface area (Å²) in [6.07, 6.45) is 0.843. The second-order valence-corrected chi connectivity index (χ2v) is 10.1. The SMILES string of the molecule is CCC(C)N(C)c1sc(NS(=O)(=O)c2ccc(OC)c(OC)c2)nc1-c1cccc([N+](=O)[O-])c1. The normalized spacial score (nSPS) is 12.1. The summed E-state index contributed by atoms with van der Waals surface area (Å²) in [5.74, 6) is 0.681. The zero-order chi connectivity index (χ0) is 25.0. The van der Waals surface area contributed by atoms with E-state index in [4.69, 9.17) is 9.47 Å². The van der Waals surface area contributed by atoms with Gasteiger partial charge in [-0.2, -0.15) is 0 Å². The number of hydrogen-bond donors (Lipinski definition) is 1. The Bertz CT molecular complexity index is 1290. The second-order valence-electron chi connectivity index (χ2n) is 7.47. The van der Waals surface area contributed by atoms with Gasteiger partial charge >= 0.3 is 0 Å². The highest BCUT2D eigenvalue weighted by Gasteiger charge is 2.24. The number of benzene rings is 2. The van der Waals surface area contributed by atoms with Gasteiger partial charge in [-0.25, -0.2) is 13.4 Å². The Hall–Kier alpha value is -3.38. The van der Waals surface area contributed by atoms with Gasteiger partial charge in [-0.15, -0.1) is 0 Å². The first-order valence-corrected chi connectivity index (χ1v) is 12.6. The van der Waals surface area contributed by atoms with Gasteiger partial charge in [0.1, 0.15) is 10.7 Å². The van der Waals surface area contributed by atoms with Crippen LogP contribution >= 0.6 is 11.3 Å². The van der Waals surface area contributed by atoms with Crippen molar-refractivity contribution in [3.05, 3.63) is 52.6 Å². The lowest BCUT2D eigenvalue weighted by Gasteiger charge is -2.25. The molecule has 1 atom stereocenters. The molecule has 0 amide bonds. The van der Waals surface area contributed by atoms with Gasteiger partial charge in [0, 0.05) is 36.9 Å². The summed E-state index contributed by atoms with van der Waals surface area (Å²) in [6.45, 7) is 4.07. The molecule has 12 heteroatoms. The molecule has 0 aliphatic rings. The number of nitro benzene ring substituents is 1. The van der Waals surface area contributed by atoms with Crippen LogP contribution in [-0.2, 0) is 10.0 Å². The first kappa shape index (κ1) is 25.2. The molecule has 0 fully saturated rings. The summed E-state index contributed by atoms with van der Waals surface area (Å²) in [4.78, 5) is 17.3. The van der Waals surface area contributed by atoms with E-state index < -0.39 is 14.9 Å². The monoisotopic (exact) mass is 506 g/mol. The third-order valence-electron chi connectivity index (χ3n) is 5.40. The van der Waals surface area contributed by atoms with Crippen LogP contribution in [0, 0.1) is 10.1 Å². The van der Waals surface area contributed by atoms with Crippen LogP contribution < -0.4 is 19.1 Å². The lowest BCUT2D eigenvalue weighted by atomic mass is 10.1. The van der Waals surface area contributed by atoms with E-state index in [1.807, 2.05) is 25.8 Å². The highest BCUT2D eigenvalue weighted by Crippen LogP contribution is 2.41. The Morgan fingerprint density at radius 1 is 1.18 bits per heavy atom. The van der Waals surface area contributed by atoms with Crippen molar-refractivity contribution in [2.24, 2.45) is 0 Å². The smallest absolute Gasteiger partial charge is 0.270 e. The van der Waals surface area contributed by atoms with Crippen molar-refractivity contribution in [2.45, 2.75) is 31.2 Å². The molecule has 0 radical (unpaired) electrons. The summed E-state index contributed by atoms with van der Waals surface area (Å²) in [7, 11) is 0.774. The van der Waals surface area contributed by atoms with Crippen LogP contribution in [0.15, 0.2) is 47.4 Å². The molecule has 34 heavy (non-hydrogen) atoms. The van der Waals surface area contributed by atoms with Crippen LogP contribution in [0.1, 0.15) is 20.3 Å². The molecule has 10 nitrogen and oxygen atoms in total. The van der Waals surface area contributed by atoms with E-state index in [-0.39, 0.29) is 27.5 Å². The van der Waals surface area contributed by atoms with Gasteiger partial charge in [0.2, 0.25) is 0 Å². The number of sulfonamides is 1. The number of nitro groups is 1. The molecule has 3 aromatic rings. The van der Waals surface area contributed by atoms with Crippen molar-refractivity contribution in [3.8, 4) is 22.8 Å². The predicted octanol–water partition coefficient (Wildman–Crippen LogP) is 4.77. The van der Waals surface area contributed by atoms with Gasteiger partial charge in [0.15, 0.2) is 16.6 Å². The van der Waals surface area contributed by atoms with E-state index in [1.165, 1.54) is 44.6 Å². The predicted molar refractivity (Wildman–Crippen MR) is 133 cm³/mol. The van der Waals surface area contributed by atoms with Gasteiger partial charge in [-0.1, -0.05) is 30.4 Å². The number of nitrogens with zero attached hydrogens (tertiary/aromatic N) is 3. The molecule has 2 aromatic carbocycles. The maximum absolute atomic E-state index is 13.1. The molecule has 0 saturated carbocycles. The fourth-order valence-corrected chi connectivity index (χ4v) is 5.48. The van der Waals surface area contributed by atoms with Crippen molar-refractivity contribution < 1.29 is 22.8 Å². The summed E-state index contributed by atoms with van der Waals surface area (Å²) in [5, 5.41) is 12.1. The number of anilines is 2. The van der Waals surface area contributed by atoms with Crippen molar-refractivity contribution in [1.82, 2.24) is 4.98 Å². The zero-order valence-corrected chi connectivity index (χ0v) is 21.1. The van der Waals surface area contributed by atoms with E-state index >= 15 is 0 Å². The van der Waals surface area contributed by atoms with Crippen molar-refractivity contribution in [3.63, 3.8) is 0 Å². The molecule has 1 unspecified atom stereocenters. The number of nitrogens with one attached hydrogen (secondary N) is 1. The molecule has 1 aromatic heterocycles. The minimum atomic E-state index is -3.99. The molecule has 0 aliphatic heterocycles. The summed E-state index contributed by atoms with van der Waals surface area (Å²) >= 11 is 1.16. The van der Waals surface area contributed by atoms with Crippen molar-refractivity contribution in [1.29, 1.82) is 0 Å². The van der Waals surface area contributed by atoms with Gasteiger partial charge in [0.05, 0.1) is 24.0 Å². The fraction of sp³-hybridized carbons (Fsp3) is 0.318. The standard InChI is InChI=1S/C22H26N4O6S2/c1-6-14(2)25(3)21-20(15-8-7-9-16(12-15)26(27)28)23-22(33-21)24-34(29,30)17-10-11-18(31-4)19(13-17)32-5/h7-14H,6H2,1-5H3,(H,23,24). The third kappa shape index (κ3) is 5.23. The van der Waals surface area contributed by atoms with Gasteiger partial charge in [0.25, 0.3) is 15.7 Å². The largest absolute Gasteiger partial charge is 0.493 e. The molecular weight excluding hydrogens is 480 g/mol. The molecule has 0 aliphatic carbocycles. The zero-order valence-electron chi connectivity index (χ0n) is 19.4. The lowest BCUT2D eigenvalue weighted by molar-refractivity contribution is -0.384. The van der Waals surface area contributed by atoms with Gasteiger partial charge in [-0.05, 0) is 25.5 Å². The van der Waals surface area contributed by atoms with E-state index in [0.29, 0.717) is 22.0 Å². The van der Waals surface area contributed by atoms with E-state index in [1.54, 1.807) is 12.1 Å². The van der Waals surface area contributed by atoms with Gasteiger partial charge in [-0.3, -0.25) is 14.8 Å². The first-order chi connectivity index (χ1) is 16.1. The number of ether oxygens (including phenoxy) is 2. The van der Waals surface area contributed by atoms with Crippen LogP contribution in [0.4, 0.5) is 15.8 Å². The summed E-state index contributed by atoms with van der Waals surface area (Å²) < 4.78 is 39.1. The highest BCUT2D eigenvalue weighted by atomic mass is 32.2. The molecule has 0 saturated heterocycles. The molecule has 0 spiro atoms. The molecule has 1 heterocycles. The lowest BCUT2D eigenvalue weighted by Crippen LogP contribution is -2.27. The Kier molecular flexibility index (Phi) is 7.62. The first-order valence-electron chi connectivity index (χ1n) is 10.3. The van der Waals surface area contributed by atoms with E-state index in [2.05, 4.69) is 9.71 Å². The molecule has 1 N–H and O–H groups in total. The van der Waals surface area contributed by atoms with Crippen LogP contribution in [0.3, 0.4) is 0 Å². The third-order valence-corrected chi connectivity index (χ3v) is 7.93. The number of aromatic nitrogens is 1. The maximum Gasteiger partial charge on any atom is 0.270 e. The Morgan fingerprint density at radius 2 is 1.88 bits per heavy atom. The van der Waals surface area contributed by atoms with Crippen LogP contribution in [0.5, 0.6) is 11.5 Å². The minimum Gasteiger partial charge on any atom is -0.493 e. The van der Waals surface area contributed by atoms with Crippen molar-refractivity contribution >= 4 is 37.2 Å². The topological polar surface area (TPSA) is 124 Å². The molecule has 3 rings (SSSR count). The Morgan fingerprint density at radius 3 is 2.50 bits per heavy atom. The number of thiazole rings is 1. The molecule has 0 bridgehead atoms. The minimum absolute atomic E-state index is 0.0194. The van der Waals surface area contributed by atoms with Crippen LogP contribution in [0.25, 0.3) is 11.3 Å². The van der Waals surface area contributed by atoms with Gasteiger partial charge < -0.3 is 14.4 Å². The van der Waals surface area contributed by atoms with E-state index in [0.717, 1.165) is 17.8 Å². The summed E-state index contributed by atoms with van der Waals surface area (Å²) in [5.41, 5.74) is 0.906. The van der Waals surface area contributed by atoms with Crippen molar-refractivity contribution in [2.75, 3.05) is 30.9 Å². The van der Waals surface area contributed by atoms with E-state index in [9.17, 15) is 18.5 Å². The average Bonchev–Trinajstić information content (AvgIpc) is 3.25. The number of hydrogen-bond acceptors (Lipinski definition) is 9. The quantitative estimate of drug-likeness (QED) is 0.308. The fourth-order valence-electron chi connectivity index (χ4n) is 3.18. The molecule has 182 valence electrons. The molecular formula is C22H26N4O6S2. The van der Waals surface area contributed by atoms with Crippen LogP contribution in [-0.4, -0.2) is 45.6 Å². The second kappa shape index (κ2) is 10.3. The Balaban J connectivity index is 2.06. The highest BCUT2D eigenvalue weighted by molar-refractivity contribution is 7.93. The maximum atomic E-state index is 13.1. The number of methoxy groups -OCH3 is 2.